The minimum absolute atomic E-state index is 0.142. The van der Waals surface area contributed by atoms with Crippen molar-refractivity contribution in [1.29, 1.82) is 0 Å². The van der Waals surface area contributed by atoms with E-state index in [9.17, 15) is 8.78 Å². The second-order valence-corrected chi connectivity index (χ2v) is 12.8. The van der Waals surface area contributed by atoms with Crippen LogP contribution >= 0.6 is 0 Å². The average molecular weight is 413 g/mol. The molecule has 3 heteroatoms. The van der Waals surface area contributed by atoms with E-state index in [-0.39, 0.29) is 5.92 Å². The van der Waals surface area contributed by atoms with Gasteiger partial charge >= 0.3 is 0 Å². The van der Waals surface area contributed by atoms with Crippen LogP contribution < -0.4 is 0 Å². The van der Waals surface area contributed by atoms with Gasteiger partial charge in [0.25, 0.3) is 0 Å². The molecule has 0 radical (unpaired) electrons. The highest BCUT2D eigenvalue weighted by atomic mass is 28.3. The van der Waals surface area contributed by atoms with Crippen LogP contribution in [0.3, 0.4) is 0 Å². The largest absolute Gasteiger partial charge is 0.204 e. The van der Waals surface area contributed by atoms with E-state index in [0.717, 1.165) is 35.8 Å². The van der Waals surface area contributed by atoms with E-state index < -0.39 is 20.4 Å². The molecule has 29 heavy (non-hydrogen) atoms. The molecule has 2 aliphatic rings. The lowest BCUT2D eigenvalue weighted by molar-refractivity contribution is 0.214. The Morgan fingerprint density at radius 3 is 2.14 bits per heavy atom. The van der Waals surface area contributed by atoms with Crippen molar-refractivity contribution in [3.63, 3.8) is 0 Å². The average Bonchev–Trinajstić information content (AvgIpc) is 2.77. The Labute approximate surface area is 176 Å². The molecule has 0 atom stereocenters. The Bertz CT molecular complexity index is 788. The molecule has 0 bridgehead atoms. The van der Waals surface area contributed by atoms with Gasteiger partial charge in [-0.3, -0.25) is 0 Å². The maximum absolute atomic E-state index is 14.9. The third-order valence-electron chi connectivity index (χ3n) is 7.65. The molecule has 0 unspecified atom stereocenters. The maximum atomic E-state index is 14.9. The van der Waals surface area contributed by atoms with Crippen LogP contribution in [0.2, 0.25) is 18.1 Å². The van der Waals surface area contributed by atoms with Crippen LogP contribution in [-0.4, -0.2) is 8.80 Å². The van der Waals surface area contributed by atoms with Crippen LogP contribution in [0.15, 0.2) is 42.5 Å². The third-order valence-corrected chi connectivity index (χ3v) is 11.3. The van der Waals surface area contributed by atoms with Gasteiger partial charge in [-0.15, -0.1) is 0 Å². The SMILES string of the molecule is CCC[SiH]1CCC([C@H]2CC[C@H](c3c(-c4ccccc4)ccc(F)c3F)CC2)CC1. The van der Waals surface area contributed by atoms with Gasteiger partial charge in [0.1, 0.15) is 0 Å². The van der Waals surface area contributed by atoms with Crippen molar-refractivity contribution in [3.05, 3.63) is 59.7 Å². The molecular weight excluding hydrogens is 378 g/mol. The molecular formula is C26H34F2Si. The fourth-order valence-corrected chi connectivity index (χ4v) is 9.55. The molecule has 0 amide bonds. The van der Waals surface area contributed by atoms with Crippen LogP contribution in [0.4, 0.5) is 8.78 Å². The standard InChI is InChI=1S/C26H34F2Si/c1-2-16-29-17-14-20(15-18-29)19-8-10-22(11-9-19)25-23(12-13-24(27)26(25)28)21-6-4-3-5-7-21/h3-7,12-13,19-20,22,29H,2,8-11,14-18H2,1H3/t19-,20?,22-,29?. The molecule has 156 valence electrons. The number of hydrogen-bond donors (Lipinski definition) is 0. The Kier molecular flexibility index (Phi) is 6.84. The predicted octanol–water partition coefficient (Wildman–Crippen LogP) is 7.95. The van der Waals surface area contributed by atoms with Gasteiger partial charge in [-0.05, 0) is 60.6 Å². The highest BCUT2D eigenvalue weighted by Crippen LogP contribution is 2.46. The molecule has 2 aromatic carbocycles. The minimum atomic E-state index is -0.707. The molecule has 1 aliphatic heterocycles. The van der Waals surface area contributed by atoms with E-state index in [4.69, 9.17) is 0 Å². The summed E-state index contributed by atoms with van der Waals surface area (Å²) in [4.78, 5) is 0. The maximum Gasteiger partial charge on any atom is 0.162 e. The fourth-order valence-electron chi connectivity index (χ4n) is 6.07. The molecule has 2 aromatic rings. The summed E-state index contributed by atoms with van der Waals surface area (Å²) in [5, 5.41) is 0. The van der Waals surface area contributed by atoms with Crippen LogP contribution in [0.5, 0.6) is 0 Å². The van der Waals surface area contributed by atoms with Crippen molar-refractivity contribution in [3.8, 4) is 11.1 Å². The monoisotopic (exact) mass is 412 g/mol. The van der Waals surface area contributed by atoms with Crippen molar-refractivity contribution in [2.24, 2.45) is 11.8 Å². The lowest BCUT2D eigenvalue weighted by Crippen LogP contribution is -2.28. The van der Waals surface area contributed by atoms with Crippen molar-refractivity contribution in [1.82, 2.24) is 0 Å². The van der Waals surface area contributed by atoms with Gasteiger partial charge in [-0.25, -0.2) is 8.78 Å². The quantitative estimate of drug-likeness (QED) is 0.437. The van der Waals surface area contributed by atoms with Crippen LogP contribution in [0.25, 0.3) is 11.1 Å². The number of benzene rings is 2. The highest BCUT2D eigenvalue weighted by molar-refractivity contribution is 6.58. The molecule has 1 saturated carbocycles. The molecule has 0 spiro atoms. The van der Waals surface area contributed by atoms with Crippen molar-refractivity contribution in [2.75, 3.05) is 0 Å². The normalized spacial score (nSPS) is 27.7. The molecule has 4 rings (SSSR count). The lowest BCUT2D eigenvalue weighted by Gasteiger charge is -2.38. The molecule has 0 aromatic heterocycles. The van der Waals surface area contributed by atoms with Crippen LogP contribution in [0.1, 0.15) is 63.4 Å². The van der Waals surface area contributed by atoms with Crippen molar-refractivity contribution < 1.29 is 8.78 Å². The topological polar surface area (TPSA) is 0 Å². The van der Waals surface area contributed by atoms with Gasteiger partial charge in [-0.1, -0.05) is 80.7 Å². The van der Waals surface area contributed by atoms with Crippen LogP contribution in [0, 0.1) is 23.5 Å². The summed E-state index contributed by atoms with van der Waals surface area (Å²) in [7, 11) is -0.426. The highest BCUT2D eigenvalue weighted by Gasteiger charge is 2.33. The summed E-state index contributed by atoms with van der Waals surface area (Å²) in [5.74, 6) is 0.506. The Hall–Kier alpha value is -1.48. The molecule has 1 heterocycles. The summed E-state index contributed by atoms with van der Waals surface area (Å²) in [6.45, 7) is 2.33. The fraction of sp³-hybridized carbons (Fsp3) is 0.538. The number of hydrogen-bond acceptors (Lipinski definition) is 0. The van der Waals surface area contributed by atoms with E-state index in [1.807, 2.05) is 30.3 Å². The Balaban J connectivity index is 1.46. The van der Waals surface area contributed by atoms with Crippen molar-refractivity contribution >= 4 is 8.80 Å². The molecule has 1 aliphatic carbocycles. The zero-order valence-electron chi connectivity index (χ0n) is 17.7. The summed E-state index contributed by atoms with van der Waals surface area (Å²) in [6.07, 6.45) is 8.61. The van der Waals surface area contributed by atoms with Crippen molar-refractivity contribution in [2.45, 2.75) is 75.9 Å². The Morgan fingerprint density at radius 1 is 0.828 bits per heavy atom. The van der Waals surface area contributed by atoms with Gasteiger partial charge in [0.15, 0.2) is 11.6 Å². The van der Waals surface area contributed by atoms with Gasteiger partial charge in [0.05, 0.1) is 0 Å². The Morgan fingerprint density at radius 2 is 1.48 bits per heavy atom. The third kappa shape index (κ3) is 4.65. The summed E-state index contributed by atoms with van der Waals surface area (Å²) >= 11 is 0. The first-order chi connectivity index (χ1) is 14.2. The molecule has 0 nitrogen and oxygen atoms in total. The van der Waals surface area contributed by atoms with E-state index >= 15 is 0 Å². The lowest BCUT2D eigenvalue weighted by atomic mass is 9.71. The van der Waals surface area contributed by atoms with E-state index in [1.54, 1.807) is 6.07 Å². The second-order valence-electron chi connectivity index (χ2n) is 9.37. The van der Waals surface area contributed by atoms with Gasteiger partial charge in [0, 0.05) is 14.4 Å². The first-order valence-electron chi connectivity index (χ1n) is 11.7. The zero-order chi connectivity index (χ0) is 20.2. The summed E-state index contributed by atoms with van der Waals surface area (Å²) < 4.78 is 29.1. The van der Waals surface area contributed by atoms with Gasteiger partial charge < -0.3 is 0 Å². The second kappa shape index (κ2) is 9.55. The van der Waals surface area contributed by atoms with E-state index in [0.29, 0.717) is 5.56 Å². The first kappa shape index (κ1) is 20.8. The molecule has 1 saturated heterocycles. The van der Waals surface area contributed by atoms with Crippen LogP contribution in [-0.2, 0) is 0 Å². The number of halogens is 2. The molecule has 2 fully saturated rings. The van der Waals surface area contributed by atoms with Gasteiger partial charge in [-0.2, -0.15) is 0 Å². The smallest absolute Gasteiger partial charge is 0.162 e. The van der Waals surface area contributed by atoms with E-state index in [1.165, 1.54) is 56.3 Å². The van der Waals surface area contributed by atoms with E-state index in [2.05, 4.69) is 6.92 Å². The minimum Gasteiger partial charge on any atom is -0.204 e. The summed E-state index contributed by atoms with van der Waals surface area (Å²) in [6, 6.07) is 17.6. The summed E-state index contributed by atoms with van der Waals surface area (Å²) in [5.41, 5.74) is 2.48. The molecule has 0 N–H and O–H groups in total. The number of rotatable bonds is 5. The zero-order valence-corrected chi connectivity index (χ0v) is 18.8. The van der Waals surface area contributed by atoms with Gasteiger partial charge in [0.2, 0.25) is 0 Å². The predicted molar refractivity (Wildman–Crippen MR) is 121 cm³/mol. The first-order valence-corrected chi connectivity index (χ1v) is 14.2.